The summed E-state index contributed by atoms with van der Waals surface area (Å²) < 4.78 is 15.3. The highest BCUT2D eigenvalue weighted by Gasteiger charge is 2.07. The molecule has 1 heterocycles. The monoisotopic (exact) mass is 298 g/mol. The molecule has 3 nitrogen and oxygen atoms in total. The number of aromatic nitrogens is 2. The second-order valence-electron chi connectivity index (χ2n) is 5.58. The number of fused-ring (bicyclic) bond motifs is 1. The van der Waals surface area contributed by atoms with Crippen molar-refractivity contribution < 1.29 is 9.50 Å². The third-order valence-electron chi connectivity index (χ3n) is 4.01. The molecule has 2 aromatic carbocycles. The molecular weight excluding hydrogens is 279 g/mol. The van der Waals surface area contributed by atoms with Gasteiger partial charge in [-0.3, -0.25) is 4.68 Å². The van der Waals surface area contributed by atoms with Crippen molar-refractivity contribution in [3.63, 3.8) is 0 Å². The maximum Gasteiger partial charge on any atom is 0.123 e. The Morgan fingerprint density at radius 2 is 1.95 bits per heavy atom. The van der Waals surface area contributed by atoms with Crippen LogP contribution in [0.1, 0.15) is 23.9 Å². The Hall–Kier alpha value is -2.36. The first-order chi connectivity index (χ1) is 10.6. The molecule has 3 aromatic rings. The molecular formula is C18H19FN2O. The van der Waals surface area contributed by atoms with Crippen molar-refractivity contribution in [2.75, 3.05) is 0 Å². The largest absolute Gasteiger partial charge is 0.507 e. The van der Waals surface area contributed by atoms with Crippen molar-refractivity contribution in [3.05, 3.63) is 59.2 Å². The minimum Gasteiger partial charge on any atom is -0.507 e. The molecule has 0 fully saturated rings. The van der Waals surface area contributed by atoms with Gasteiger partial charge in [-0.25, -0.2) is 4.39 Å². The summed E-state index contributed by atoms with van der Waals surface area (Å²) in [7, 11) is 1.95. The van der Waals surface area contributed by atoms with Gasteiger partial charge in [0.15, 0.2) is 0 Å². The van der Waals surface area contributed by atoms with E-state index >= 15 is 0 Å². The number of rotatable bonds is 4. The summed E-state index contributed by atoms with van der Waals surface area (Å²) in [6, 6.07) is 10.2. The van der Waals surface area contributed by atoms with Crippen LogP contribution in [0.4, 0.5) is 4.39 Å². The molecule has 0 saturated carbocycles. The summed E-state index contributed by atoms with van der Waals surface area (Å²) in [5, 5.41) is 15.9. The summed E-state index contributed by atoms with van der Waals surface area (Å²) in [5.74, 6) is -0.0879. The first-order valence-corrected chi connectivity index (χ1v) is 7.49. The van der Waals surface area contributed by atoms with Gasteiger partial charge in [0.25, 0.3) is 0 Å². The van der Waals surface area contributed by atoms with E-state index in [0.717, 1.165) is 41.6 Å². The number of phenolic OH excluding ortho intramolecular Hbond substituents is 1. The Kier molecular flexibility index (Phi) is 3.84. The fourth-order valence-electron chi connectivity index (χ4n) is 2.78. The standard InChI is InChI=1S/C18H19FN2O/c1-3-15-11-16(21(2)20-15)6-4-12-8-13-10-14(19)5-7-17(13)18(22)9-12/h5,7-11,22H,3-4,6H2,1-2H3. The van der Waals surface area contributed by atoms with Crippen molar-refractivity contribution >= 4 is 10.8 Å². The Morgan fingerprint density at radius 3 is 2.68 bits per heavy atom. The number of aryl methyl sites for hydroxylation is 4. The van der Waals surface area contributed by atoms with E-state index in [1.165, 1.54) is 12.1 Å². The van der Waals surface area contributed by atoms with E-state index < -0.39 is 0 Å². The van der Waals surface area contributed by atoms with Crippen LogP contribution in [0.2, 0.25) is 0 Å². The number of hydrogen-bond donors (Lipinski definition) is 1. The van der Waals surface area contributed by atoms with Crippen molar-refractivity contribution in [1.82, 2.24) is 9.78 Å². The van der Waals surface area contributed by atoms with Gasteiger partial charge in [-0.05, 0) is 60.5 Å². The lowest BCUT2D eigenvalue weighted by Crippen LogP contribution is -2.00. The molecule has 4 heteroatoms. The van der Waals surface area contributed by atoms with Gasteiger partial charge in [-0.15, -0.1) is 0 Å². The van der Waals surface area contributed by atoms with Crippen LogP contribution in [-0.4, -0.2) is 14.9 Å². The highest BCUT2D eigenvalue weighted by Crippen LogP contribution is 2.27. The van der Waals surface area contributed by atoms with Gasteiger partial charge in [0.1, 0.15) is 11.6 Å². The summed E-state index contributed by atoms with van der Waals surface area (Å²) in [4.78, 5) is 0. The number of halogens is 1. The number of nitrogens with zero attached hydrogens (tertiary/aromatic N) is 2. The van der Waals surface area contributed by atoms with E-state index in [0.29, 0.717) is 5.39 Å². The lowest BCUT2D eigenvalue weighted by atomic mass is 10.0. The topological polar surface area (TPSA) is 38.0 Å². The fraction of sp³-hybridized carbons (Fsp3) is 0.278. The van der Waals surface area contributed by atoms with Crippen LogP contribution in [0.3, 0.4) is 0 Å². The van der Waals surface area contributed by atoms with E-state index in [1.807, 2.05) is 17.8 Å². The van der Waals surface area contributed by atoms with Crippen molar-refractivity contribution in [3.8, 4) is 5.75 Å². The minimum absolute atomic E-state index is 0.201. The van der Waals surface area contributed by atoms with E-state index in [2.05, 4.69) is 18.1 Å². The van der Waals surface area contributed by atoms with Crippen LogP contribution < -0.4 is 0 Å². The zero-order valence-electron chi connectivity index (χ0n) is 12.8. The Labute approximate surface area is 129 Å². The van der Waals surface area contributed by atoms with Crippen molar-refractivity contribution in [1.29, 1.82) is 0 Å². The minimum atomic E-state index is -0.289. The molecule has 0 unspecified atom stereocenters. The number of benzene rings is 2. The van der Waals surface area contributed by atoms with Crippen LogP contribution in [-0.2, 0) is 26.3 Å². The smallest absolute Gasteiger partial charge is 0.123 e. The average Bonchev–Trinajstić information content (AvgIpc) is 2.85. The molecule has 0 saturated heterocycles. The van der Waals surface area contributed by atoms with E-state index in [1.54, 1.807) is 12.1 Å². The molecule has 1 N–H and O–H groups in total. The Morgan fingerprint density at radius 1 is 1.14 bits per heavy atom. The second-order valence-corrected chi connectivity index (χ2v) is 5.58. The highest BCUT2D eigenvalue weighted by atomic mass is 19.1. The molecule has 0 aliphatic carbocycles. The molecule has 0 amide bonds. The van der Waals surface area contributed by atoms with Gasteiger partial charge in [0.05, 0.1) is 5.69 Å². The van der Waals surface area contributed by atoms with Gasteiger partial charge >= 0.3 is 0 Å². The molecule has 0 spiro atoms. The summed E-state index contributed by atoms with van der Waals surface area (Å²) in [5.41, 5.74) is 3.24. The molecule has 114 valence electrons. The molecule has 0 radical (unpaired) electrons. The summed E-state index contributed by atoms with van der Waals surface area (Å²) >= 11 is 0. The van der Waals surface area contributed by atoms with Crippen molar-refractivity contribution in [2.45, 2.75) is 26.2 Å². The second kappa shape index (κ2) is 5.79. The quantitative estimate of drug-likeness (QED) is 0.796. The van der Waals surface area contributed by atoms with Crippen LogP contribution in [0.25, 0.3) is 10.8 Å². The van der Waals surface area contributed by atoms with Crippen LogP contribution in [0, 0.1) is 5.82 Å². The van der Waals surface area contributed by atoms with Crippen LogP contribution >= 0.6 is 0 Å². The van der Waals surface area contributed by atoms with Crippen LogP contribution in [0.15, 0.2) is 36.4 Å². The molecule has 0 aliphatic rings. The zero-order chi connectivity index (χ0) is 15.7. The maximum absolute atomic E-state index is 13.4. The average molecular weight is 298 g/mol. The normalized spacial score (nSPS) is 11.2. The fourth-order valence-corrected chi connectivity index (χ4v) is 2.78. The zero-order valence-corrected chi connectivity index (χ0v) is 12.8. The summed E-state index contributed by atoms with van der Waals surface area (Å²) in [6.07, 6.45) is 2.54. The van der Waals surface area contributed by atoms with E-state index in [9.17, 15) is 9.50 Å². The molecule has 3 rings (SSSR count). The predicted molar refractivity (Wildman–Crippen MR) is 85.6 cm³/mol. The third-order valence-corrected chi connectivity index (χ3v) is 4.01. The number of phenols is 1. The van der Waals surface area contributed by atoms with Gasteiger partial charge in [0, 0.05) is 18.1 Å². The molecule has 0 bridgehead atoms. The number of hydrogen-bond acceptors (Lipinski definition) is 2. The predicted octanol–water partition coefficient (Wildman–Crippen LogP) is 3.77. The highest BCUT2D eigenvalue weighted by molar-refractivity contribution is 5.88. The van der Waals surface area contributed by atoms with E-state index in [-0.39, 0.29) is 11.6 Å². The lowest BCUT2D eigenvalue weighted by molar-refractivity contribution is 0.481. The Balaban J connectivity index is 1.85. The van der Waals surface area contributed by atoms with Gasteiger partial charge in [-0.1, -0.05) is 13.0 Å². The molecule has 0 aliphatic heterocycles. The van der Waals surface area contributed by atoms with Crippen LogP contribution in [0.5, 0.6) is 5.75 Å². The maximum atomic E-state index is 13.4. The lowest BCUT2D eigenvalue weighted by Gasteiger charge is -2.07. The molecule has 1 aromatic heterocycles. The van der Waals surface area contributed by atoms with Gasteiger partial charge < -0.3 is 5.11 Å². The molecule has 0 atom stereocenters. The summed E-state index contributed by atoms with van der Waals surface area (Å²) in [6.45, 7) is 2.09. The number of aromatic hydroxyl groups is 1. The SMILES string of the molecule is CCc1cc(CCc2cc(O)c3ccc(F)cc3c2)n(C)n1. The van der Waals surface area contributed by atoms with Gasteiger partial charge in [-0.2, -0.15) is 5.10 Å². The Bertz CT molecular complexity index is 823. The van der Waals surface area contributed by atoms with Crippen molar-refractivity contribution in [2.24, 2.45) is 7.05 Å². The third kappa shape index (κ3) is 2.82. The first-order valence-electron chi connectivity index (χ1n) is 7.49. The van der Waals surface area contributed by atoms with E-state index in [4.69, 9.17) is 0 Å². The first kappa shape index (κ1) is 14.6. The molecule has 22 heavy (non-hydrogen) atoms. The van der Waals surface area contributed by atoms with Gasteiger partial charge in [0.2, 0.25) is 0 Å².